The minimum absolute atomic E-state index is 0.317. The van der Waals surface area contributed by atoms with Crippen LogP contribution in [0, 0.1) is 0 Å². The highest BCUT2D eigenvalue weighted by atomic mass is 32.1. The van der Waals surface area contributed by atoms with Gasteiger partial charge in [0.25, 0.3) is 0 Å². The molecule has 0 spiro atoms. The number of ether oxygens (including phenoxy) is 1. The summed E-state index contributed by atoms with van der Waals surface area (Å²) in [7, 11) is 0. The van der Waals surface area contributed by atoms with Crippen LogP contribution in [-0.4, -0.2) is 54.8 Å². The third kappa shape index (κ3) is 5.26. The molecule has 0 bridgehead atoms. The largest absolute Gasteiger partial charge is 0.378 e. The summed E-state index contributed by atoms with van der Waals surface area (Å²) < 4.78 is 9.87. The fourth-order valence-corrected chi connectivity index (χ4v) is 4.85. The maximum atomic E-state index is 12.8. The number of amides is 2. The smallest absolute Gasteiger partial charge is 0.325 e. The molecule has 2 N–H and O–H groups in total. The van der Waals surface area contributed by atoms with E-state index in [0.717, 1.165) is 56.3 Å². The van der Waals surface area contributed by atoms with E-state index in [4.69, 9.17) is 4.74 Å². The fraction of sp³-hybridized carbons (Fsp3) is 0.375. The van der Waals surface area contributed by atoms with Crippen LogP contribution in [0.3, 0.4) is 0 Å². The number of piperidine rings is 1. The molecule has 0 radical (unpaired) electrons. The first-order valence-electron chi connectivity index (χ1n) is 11.4. The van der Waals surface area contributed by atoms with Gasteiger partial charge in [-0.2, -0.15) is 9.36 Å². The average molecular weight is 465 g/mol. The molecular formula is C24H28N6O2S. The number of rotatable bonds is 5. The molecule has 2 fully saturated rings. The zero-order valence-corrected chi connectivity index (χ0v) is 19.3. The Balaban J connectivity index is 1.32. The van der Waals surface area contributed by atoms with E-state index in [1.165, 1.54) is 36.5 Å². The van der Waals surface area contributed by atoms with Gasteiger partial charge in [0.05, 0.1) is 24.6 Å². The van der Waals surface area contributed by atoms with Crippen LogP contribution in [0.15, 0.2) is 48.5 Å². The van der Waals surface area contributed by atoms with E-state index in [-0.39, 0.29) is 6.03 Å². The van der Waals surface area contributed by atoms with Crippen molar-refractivity contribution in [3.63, 3.8) is 0 Å². The van der Waals surface area contributed by atoms with Crippen LogP contribution in [0.25, 0.3) is 11.4 Å². The van der Waals surface area contributed by atoms with Gasteiger partial charge in [0.1, 0.15) is 0 Å². The first-order valence-corrected chi connectivity index (χ1v) is 12.2. The van der Waals surface area contributed by atoms with Crippen LogP contribution in [-0.2, 0) is 4.74 Å². The Hall–Kier alpha value is -3.17. The highest BCUT2D eigenvalue weighted by molar-refractivity contribution is 7.10. The summed E-state index contributed by atoms with van der Waals surface area (Å²) >= 11 is 1.17. The number of hydrogen-bond donors (Lipinski definition) is 2. The summed E-state index contributed by atoms with van der Waals surface area (Å²) in [6.45, 7) is 5.25. The molecule has 172 valence electrons. The van der Waals surface area contributed by atoms with Crippen molar-refractivity contribution in [2.75, 3.05) is 59.8 Å². The van der Waals surface area contributed by atoms with Crippen molar-refractivity contribution < 1.29 is 9.53 Å². The maximum Gasteiger partial charge on any atom is 0.325 e. The number of anilines is 4. The van der Waals surface area contributed by atoms with Crippen LogP contribution < -0.4 is 20.4 Å². The quantitative estimate of drug-likeness (QED) is 0.571. The van der Waals surface area contributed by atoms with Gasteiger partial charge < -0.3 is 19.9 Å². The lowest BCUT2D eigenvalue weighted by Crippen LogP contribution is -2.36. The second-order valence-corrected chi connectivity index (χ2v) is 8.97. The Morgan fingerprint density at radius 2 is 1.70 bits per heavy atom. The number of urea groups is 1. The number of carbonyl (C=O) groups excluding carboxylic acids is 1. The molecule has 1 aromatic heterocycles. The maximum absolute atomic E-state index is 12.8. The standard InChI is InChI=1S/C24H28N6O2S/c31-23(27-24-26-22(28-33-24)18-7-3-1-4-8-18)25-20-10-9-19(29-13-15-32-16-14-29)17-21(20)30-11-5-2-6-12-30/h1,3-4,7-10,17H,2,5-6,11-16H2,(H2,25,26,27,28,31). The number of morpholine rings is 1. The molecule has 0 unspecified atom stereocenters. The molecule has 3 heterocycles. The van der Waals surface area contributed by atoms with Crippen molar-refractivity contribution in [3.05, 3.63) is 48.5 Å². The van der Waals surface area contributed by atoms with E-state index in [1.54, 1.807) is 0 Å². The van der Waals surface area contributed by atoms with E-state index in [0.29, 0.717) is 11.0 Å². The van der Waals surface area contributed by atoms with E-state index < -0.39 is 0 Å². The number of aromatic nitrogens is 2. The van der Waals surface area contributed by atoms with Crippen molar-refractivity contribution in [2.24, 2.45) is 0 Å². The normalized spacial score (nSPS) is 16.5. The topological polar surface area (TPSA) is 82.6 Å². The number of nitrogens with zero attached hydrogens (tertiary/aromatic N) is 4. The van der Waals surface area contributed by atoms with Gasteiger partial charge in [0.2, 0.25) is 5.13 Å². The zero-order chi connectivity index (χ0) is 22.5. The highest BCUT2D eigenvalue weighted by Gasteiger charge is 2.20. The summed E-state index contributed by atoms with van der Waals surface area (Å²) in [6.07, 6.45) is 3.59. The van der Waals surface area contributed by atoms with Gasteiger partial charge in [-0.15, -0.1) is 0 Å². The van der Waals surface area contributed by atoms with Gasteiger partial charge in [-0.25, -0.2) is 4.79 Å². The van der Waals surface area contributed by atoms with Crippen LogP contribution in [0.2, 0.25) is 0 Å². The molecule has 0 aliphatic carbocycles. The van der Waals surface area contributed by atoms with Crippen molar-refractivity contribution in [1.82, 2.24) is 9.36 Å². The molecule has 8 nitrogen and oxygen atoms in total. The molecule has 2 amide bonds. The number of benzene rings is 2. The Labute approximate surface area is 197 Å². The zero-order valence-electron chi connectivity index (χ0n) is 18.5. The minimum atomic E-state index is -0.317. The number of carbonyl (C=O) groups is 1. The highest BCUT2D eigenvalue weighted by Crippen LogP contribution is 2.33. The van der Waals surface area contributed by atoms with Gasteiger partial charge in [0.15, 0.2) is 5.82 Å². The lowest BCUT2D eigenvalue weighted by molar-refractivity contribution is 0.122. The molecule has 33 heavy (non-hydrogen) atoms. The summed E-state index contributed by atoms with van der Waals surface area (Å²) in [5.41, 5.74) is 3.96. The third-order valence-corrected chi connectivity index (χ3v) is 6.61. The third-order valence-electron chi connectivity index (χ3n) is 5.98. The molecular weight excluding hydrogens is 436 g/mol. The van der Waals surface area contributed by atoms with E-state index in [1.807, 2.05) is 36.4 Å². The lowest BCUT2D eigenvalue weighted by Gasteiger charge is -2.33. The molecule has 2 aliphatic rings. The first kappa shape index (κ1) is 21.7. The Morgan fingerprint density at radius 3 is 2.48 bits per heavy atom. The summed E-state index contributed by atoms with van der Waals surface area (Å²) in [5.74, 6) is 0.611. The van der Waals surface area contributed by atoms with Crippen molar-refractivity contribution in [1.29, 1.82) is 0 Å². The van der Waals surface area contributed by atoms with Crippen molar-refractivity contribution in [3.8, 4) is 11.4 Å². The van der Waals surface area contributed by atoms with E-state index in [2.05, 4.69) is 41.9 Å². The molecule has 9 heteroatoms. The SMILES string of the molecule is O=C(Nc1nc(-c2ccccc2)ns1)Nc1ccc(N2CCOCC2)cc1N1CCCCC1. The summed E-state index contributed by atoms with van der Waals surface area (Å²) in [4.78, 5) is 22.0. The molecule has 2 aliphatic heterocycles. The number of nitrogens with one attached hydrogen (secondary N) is 2. The molecule has 3 aromatic rings. The Kier molecular flexibility index (Phi) is 6.68. The molecule has 5 rings (SSSR count). The monoisotopic (exact) mass is 464 g/mol. The van der Waals surface area contributed by atoms with Crippen LogP contribution in [0.5, 0.6) is 0 Å². The van der Waals surface area contributed by atoms with Crippen LogP contribution in [0.1, 0.15) is 19.3 Å². The van der Waals surface area contributed by atoms with E-state index >= 15 is 0 Å². The van der Waals surface area contributed by atoms with Crippen LogP contribution in [0.4, 0.5) is 27.0 Å². The van der Waals surface area contributed by atoms with Gasteiger partial charge >= 0.3 is 6.03 Å². The molecule has 2 aromatic carbocycles. The summed E-state index contributed by atoms with van der Waals surface area (Å²) in [5, 5.41) is 6.35. The first-order chi connectivity index (χ1) is 16.3. The van der Waals surface area contributed by atoms with Gasteiger partial charge in [-0.1, -0.05) is 30.3 Å². The lowest BCUT2D eigenvalue weighted by atomic mass is 10.1. The van der Waals surface area contributed by atoms with Crippen molar-refractivity contribution in [2.45, 2.75) is 19.3 Å². The minimum Gasteiger partial charge on any atom is -0.378 e. The molecule has 0 atom stereocenters. The van der Waals surface area contributed by atoms with Gasteiger partial charge in [-0.05, 0) is 37.5 Å². The van der Waals surface area contributed by atoms with Gasteiger partial charge in [0, 0.05) is 49.0 Å². The molecule has 0 saturated carbocycles. The average Bonchev–Trinajstić information content (AvgIpc) is 3.34. The van der Waals surface area contributed by atoms with Crippen LogP contribution >= 0.6 is 11.5 Å². The second-order valence-electron chi connectivity index (χ2n) is 8.22. The predicted octanol–water partition coefficient (Wildman–Crippen LogP) is 4.68. The predicted molar refractivity (Wildman–Crippen MR) is 134 cm³/mol. The van der Waals surface area contributed by atoms with Gasteiger partial charge in [-0.3, -0.25) is 5.32 Å². The Bertz CT molecular complexity index is 1080. The van der Waals surface area contributed by atoms with E-state index in [9.17, 15) is 4.79 Å². The van der Waals surface area contributed by atoms with Crippen molar-refractivity contribution >= 4 is 39.8 Å². The Morgan fingerprint density at radius 1 is 0.909 bits per heavy atom. The second kappa shape index (κ2) is 10.2. The summed E-state index contributed by atoms with van der Waals surface area (Å²) in [6, 6.07) is 15.7. The molecule has 2 saturated heterocycles. The fourth-order valence-electron chi connectivity index (χ4n) is 4.27. The number of hydrogen-bond acceptors (Lipinski definition) is 7.